The fourth-order valence-electron chi connectivity index (χ4n) is 1.33. The summed E-state index contributed by atoms with van der Waals surface area (Å²) in [6, 6.07) is 0. The van der Waals surface area contributed by atoms with Gasteiger partial charge >= 0.3 is 0 Å². The van der Waals surface area contributed by atoms with Gasteiger partial charge in [0.2, 0.25) is 0 Å². The highest BCUT2D eigenvalue weighted by Crippen LogP contribution is 2.18. The molecule has 0 heterocycles. The van der Waals surface area contributed by atoms with Gasteiger partial charge in [0.1, 0.15) is 0 Å². The lowest BCUT2D eigenvalue weighted by Gasteiger charge is -2.14. The molecule has 0 radical (unpaired) electrons. The van der Waals surface area contributed by atoms with Crippen LogP contribution in [0.5, 0.6) is 0 Å². The second-order valence-corrected chi connectivity index (χ2v) is 3.70. The van der Waals surface area contributed by atoms with Crippen LogP contribution in [0.25, 0.3) is 0 Å². The average molecular weight is 166 g/mol. The van der Waals surface area contributed by atoms with Crippen molar-refractivity contribution in [1.29, 1.82) is 0 Å². The summed E-state index contributed by atoms with van der Waals surface area (Å²) in [5.74, 6) is 1.42. The van der Waals surface area contributed by atoms with Gasteiger partial charge in [-0.25, -0.2) is 0 Å². The summed E-state index contributed by atoms with van der Waals surface area (Å²) >= 11 is 0. The fourth-order valence-corrected chi connectivity index (χ4v) is 1.33. The summed E-state index contributed by atoms with van der Waals surface area (Å²) in [4.78, 5) is 0. The Morgan fingerprint density at radius 1 is 1.33 bits per heavy atom. The molecule has 0 bridgehead atoms. The third kappa shape index (κ3) is 5.21. The minimum absolute atomic E-state index is 0.638. The highest BCUT2D eigenvalue weighted by molar-refractivity contribution is 4.84. The van der Waals surface area contributed by atoms with Crippen LogP contribution >= 0.6 is 0 Å². The molecule has 0 aromatic rings. The van der Waals surface area contributed by atoms with Gasteiger partial charge in [0.05, 0.1) is 0 Å². The molecule has 2 atom stereocenters. The van der Waals surface area contributed by atoms with Crippen molar-refractivity contribution in [3.8, 4) is 0 Å². The first-order valence-corrected chi connectivity index (χ1v) is 5.08. The lowest BCUT2D eigenvalue weighted by molar-refractivity contribution is 0.409. The number of rotatable bonds is 6. The Morgan fingerprint density at radius 3 is 2.50 bits per heavy atom. The molecule has 70 valence electrons. The van der Waals surface area contributed by atoms with E-state index in [2.05, 4.69) is 39.2 Å². The fraction of sp³-hybridized carbons (Fsp3) is 0.750. The van der Waals surface area contributed by atoms with Crippen molar-refractivity contribution in [2.45, 2.75) is 46.5 Å². The molecule has 0 N–H and O–H groups in total. The normalized spacial score (nSPS) is 14.9. The van der Waals surface area contributed by atoms with Gasteiger partial charge in [-0.05, 0) is 17.9 Å². The van der Waals surface area contributed by atoms with Gasteiger partial charge in [0, 0.05) is 0 Å². The van der Waals surface area contributed by atoms with Crippen molar-refractivity contribution < 1.29 is 0 Å². The predicted octanol–water partition coefficient (Wildman–Crippen LogP) is 4.18. The number of unbranched alkanes of at least 4 members (excludes halogenated alkanes) is 2. The summed E-state index contributed by atoms with van der Waals surface area (Å²) < 4.78 is 0. The zero-order valence-corrected chi connectivity index (χ0v) is 8.77. The maximum Gasteiger partial charge on any atom is -0.0160 e. The Bertz CT molecular complexity index is 140. The summed E-state index contributed by atoms with van der Waals surface area (Å²) in [7, 11) is 0. The van der Waals surface area contributed by atoms with Crippen LogP contribution in [-0.2, 0) is 0 Å². The van der Waals surface area contributed by atoms with Crippen LogP contribution < -0.4 is 0 Å². The van der Waals surface area contributed by atoms with E-state index in [1.54, 1.807) is 0 Å². The molecule has 0 heteroatoms. The molecule has 0 aliphatic heterocycles. The molecule has 0 rings (SSSR count). The molecule has 2 unspecified atom stereocenters. The topological polar surface area (TPSA) is 0 Å². The Balaban J connectivity index is 3.55. The molecule has 0 aromatic carbocycles. The molecule has 0 saturated carbocycles. The van der Waals surface area contributed by atoms with Crippen molar-refractivity contribution in [3.63, 3.8) is 0 Å². The predicted molar refractivity (Wildman–Crippen MR) is 56.2 cm³/mol. The monoisotopic (exact) mass is 166 g/mol. The van der Waals surface area contributed by atoms with Crippen molar-refractivity contribution in [1.82, 2.24) is 0 Å². The molecule has 0 nitrogen and oxygen atoms in total. The zero-order chi connectivity index (χ0) is 9.40. The number of hydrogen-bond acceptors (Lipinski definition) is 0. The highest BCUT2D eigenvalue weighted by atomic mass is 14.1. The van der Waals surface area contributed by atoms with Gasteiger partial charge in [-0.15, -0.1) is 5.73 Å². The first-order chi connectivity index (χ1) is 5.72. The minimum atomic E-state index is 0.638. The summed E-state index contributed by atoms with van der Waals surface area (Å²) in [6.07, 6.45) is 7.48. The van der Waals surface area contributed by atoms with Crippen LogP contribution in [0, 0.1) is 11.8 Å². The van der Waals surface area contributed by atoms with Gasteiger partial charge in [0.25, 0.3) is 0 Å². The van der Waals surface area contributed by atoms with E-state index >= 15 is 0 Å². The van der Waals surface area contributed by atoms with Gasteiger partial charge in [-0.1, -0.05) is 53.0 Å². The maximum atomic E-state index is 3.60. The van der Waals surface area contributed by atoms with Gasteiger partial charge in [-0.2, -0.15) is 0 Å². The van der Waals surface area contributed by atoms with Gasteiger partial charge < -0.3 is 0 Å². The molecule has 0 spiro atoms. The summed E-state index contributed by atoms with van der Waals surface area (Å²) in [5, 5.41) is 0. The van der Waals surface area contributed by atoms with Crippen molar-refractivity contribution in [2.75, 3.05) is 0 Å². The zero-order valence-electron chi connectivity index (χ0n) is 8.77. The van der Waals surface area contributed by atoms with E-state index in [0.29, 0.717) is 5.92 Å². The summed E-state index contributed by atoms with van der Waals surface area (Å²) in [6.45, 7) is 10.4. The highest BCUT2D eigenvalue weighted by Gasteiger charge is 2.07. The maximum absolute atomic E-state index is 3.60. The van der Waals surface area contributed by atoms with E-state index < -0.39 is 0 Å². The summed E-state index contributed by atoms with van der Waals surface area (Å²) in [5.41, 5.74) is 2.86. The Hall–Kier alpha value is -0.480. The molecule has 0 aliphatic rings. The second kappa shape index (κ2) is 7.18. The molecule has 0 saturated heterocycles. The Morgan fingerprint density at radius 2 is 2.00 bits per heavy atom. The van der Waals surface area contributed by atoms with Crippen LogP contribution in [0.15, 0.2) is 18.4 Å². The van der Waals surface area contributed by atoms with E-state index in [4.69, 9.17) is 0 Å². The minimum Gasteiger partial charge on any atom is -0.133 e. The first kappa shape index (κ1) is 11.5. The lowest BCUT2D eigenvalue weighted by Crippen LogP contribution is -2.04. The quantitative estimate of drug-likeness (QED) is 0.410. The molecule has 12 heavy (non-hydrogen) atoms. The number of hydrogen-bond donors (Lipinski definition) is 0. The van der Waals surface area contributed by atoms with Gasteiger partial charge in [-0.3, -0.25) is 0 Å². The first-order valence-electron chi connectivity index (χ1n) is 5.08. The smallest absolute Gasteiger partial charge is 0.0160 e. The molecule has 0 fully saturated rings. The largest absolute Gasteiger partial charge is 0.133 e. The van der Waals surface area contributed by atoms with Crippen LogP contribution in [0.3, 0.4) is 0 Å². The van der Waals surface area contributed by atoms with Crippen LogP contribution in [-0.4, -0.2) is 0 Å². The standard InChI is InChI=1S/C12H22/c1-5-7-8-10-12(4)11(3)9-6-2/h9,11-12H,2,5,7-8,10H2,1,3-4H3. The lowest BCUT2D eigenvalue weighted by atomic mass is 9.91. The molecule has 0 aliphatic carbocycles. The van der Waals surface area contributed by atoms with Gasteiger partial charge in [0.15, 0.2) is 0 Å². The molecule has 0 amide bonds. The Kier molecular flexibility index (Phi) is 6.90. The van der Waals surface area contributed by atoms with E-state index in [1.165, 1.54) is 25.7 Å². The van der Waals surface area contributed by atoms with Crippen molar-refractivity contribution in [2.24, 2.45) is 11.8 Å². The van der Waals surface area contributed by atoms with Crippen LogP contribution in [0.4, 0.5) is 0 Å². The molecular formula is C12H22. The Labute approximate surface area is 77.4 Å². The van der Waals surface area contributed by atoms with E-state index in [1.807, 2.05) is 0 Å². The second-order valence-electron chi connectivity index (χ2n) is 3.70. The molecule has 0 aromatic heterocycles. The van der Waals surface area contributed by atoms with E-state index in [9.17, 15) is 0 Å². The third-order valence-corrected chi connectivity index (χ3v) is 2.54. The van der Waals surface area contributed by atoms with Crippen LogP contribution in [0.1, 0.15) is 46.5 Å². The third-order valence-electron chi connectivity index (χ3n) is 2.54. The van der Waals surface area contributed by atoms with Crippen molar-refractivity contribution >= 4 is 0 Å². The number of allylic oxidation sites excluding steroid dienone is 1. The van der Waals surface area contributed by atoms with Crippen LogP contribution in [0.2, 0.25) is 0 Å². The SMILES string of the molecule is C=C=CC(C)C(C)CCCCC. The van der Waals surface area contributed by atoms with Crippen molar-refractivity contribution in [3.05, 3.63) is 18.4 Å². The van der Waals surface area contributed by atoms with E-state index in [0.717, 1.165) is 5.92 Å². The molecular weight excluding hydrogens is 144 g/mol. The van der Waals surface area contributed by atoms with E-state index in [-0.39, 0.29) is 0 Å². The average Bonchev–Trinajstić information content (AvgIpc) is 2.05.